The van der Waals surface area contributed by atoms with Crippen LogP contribution in [-0.4, -0.2) is 36.7 Å². The van der Waals surface area contributed by atoms with Gasteiger partial charge in [0.25, 0.3) is 0 Å². The van der Waals surface area contributed by atoms with Gasteiger partial charge in [0, 0.05) is 0 Å². The summed E-state index contributed by atoms with van der Waals surface area (Å²) in [7, 11) is 0. The van der Waals surface area contributed by atoms with E-state index < -0.39 is 11.4 Å². The minimum absolute atomic E-state index is 0.136. The first-order valence-corrected chi connectivity index (χ1v) is 6.81. The van der Waals surface area contributed by atoms with Crippen LogP contribution in [0.1, 0.15) is 29.2 Å². The number of aromatic nitrogens is 1. The Morgan fingerprint density at radius 2 is 2.21 bits per heavy atom. The molecule has 1 fully saturated rings. The number of carbonyl (C=O) groups excluding carboxylic acids is 2. The van der Waals surface area contributed by atoms with Gasteiger partial charge in [-0.1, -0.05) is 11.3 Å². The zero-order chi connectivity index (χ0) is 14.0. The molecule has 0 aromatic carbocycles. The molecule has 1 saturated heterocycles. The van der Waals surface area contributed by atoms with Gasteiger partial charge in [-0.3, -0.25) is 4.79 Å². The third-order valence-electron chi connectivity index (χ3n) is 2.87. The van der Waals surface area contributed by atoms with Crippen LogP contribution in [0, 0.1) is 12.3 Å². The van der Waals surface area contributed by atoms with Gasteiger partial charge >= 0.3 is 5.97 Å². The van der Waals surface area contributed by atoms with Crippen LogP contribution in [0.15, 0.2) is 0 Å². The van der Waals surface area contributed by atoms with E-state index in [0.717, 1.165) is 11.3 Å². The van der Waals surface area contributed by atoms with Gasteiger partial charge in [-0.15, -0.1) is 0 Å². The van der Waals surface area contributed by atoms with Gasteiger partial charge in [0.05, 0.1) is 30.9 Å². The summed E-state index contributed by atoms with van der Waals surface area (Å²) in [5.74, 6) is -0.543. The molecule has 0 spiro atoms. The second-order valence-electron chi connectivity index (χ2n) is 4.66. The fraction of sp³-hybridized carbons (Fsp3) is 0.583. The van der Waals surface area contributed by atoms with Crippen molar-refractivity contribution in [2.75, 3.05) is 25.1 Å². The van der Waals surface area contributed by atoms with Crippen molar-refractivity contribution in [3.8, 4) is 0 Å². The second kappa shape index (κ2) is 5.26. The molecule has 6 nitrogen and oxygen atoms in total. The van der Waals surface area contributed by atoms with Crippen molar-refractivity contribution >= 4 is 28.3 Å². The Hall–Kier alpha value is -1.47. The maximum atomic E-state index is 12.0. The molecule has 7 heteroatoms. The highest BCUT2D eigenvalue weighted by atomic mass is 32.1. The zero-order valence-corrected chi connectivity index (χ0v) is 11.9. The first-order valence-electron chi connectivity index (χ1n) is 6.00. The molecule has 2 heterocycles. The normalized spacial score (nSPS) is 16.6. The number of rotatable bonds is 4. The van der Waals surface area contributed by atoms with Crippen molar-refractivity contribution in [1.29, 1.82) is 0 Å². The Balaban J connectivity index is 2.08. The summed E-state index contributed by atoms with van der Waals surface area (Å²) in [4.78, 5) is 28.2. The van der Waals surface area contributed by atoms with E-state index in [1.807, 2.05) is 6.92 Å². The minimum atomic E-state index is -0.496. The van der Waals surface area contributed by atoms with Gasteiger partial charge in [-0.2, -0.15) is 0 Å². The summed E-state index contributed by atoms with van der Waals surface area (Å²) in [6, 6.07) is 0. The Bertz CT molecular complexity index is 508. The molecular weight excluding hydrogens is 268 g/mol. The first-order chi connectivity index (χ1) is 8.96. The smallest absolute Gasteiger partial charge is 0.350 e. The molecular formula is C12H16N2O4S. The summed E-state index contributed by atoms with van der Waals surface area (Å²) in [6.07, 6.45) is 0. The number of nitrogens with zero attached hydrogens (tertiary/aromatic N) is 1. The standard InChI is InChI=1S/C12H16N2O4S/c1-4-18-9(15)8-7(2)13-11(19-8)14-10(16)12(3)5-17-6-12/h4-6H2,1-3H3,(H,13,14,16). The van der Waals surface area contributed by atoms with Gasteiger partial charge in [0.15, 0.2) is 5.13 Å². The average Bonchev–Trinajstić information content (AvgIpc) is 2.67. The number of aryl methyl sites for hydroxylation is 1. The summed E-state index contributed by atoms with van der Waals surface area (Å²) in [5, 5.41) is 3.14. The maximum absolute atomic E-state index is 12.0. The topological polar surface area (TPSA) is 77.5 Å². The highest BCUT2D eigenvalue weighted by Crippen LogP contribution is 2.30. The van der Waals surface area contributed by atoms with Crippen molar-refractivity contribution in [2.24, 2.45) is 5.41 Å². The second-order valence-corrected chi connectivity index (χ2v) is 5.66. The van der Waals surface area contributed by atoms with Gasteiger partial charge in [0.2, 0.25) is 5.91 Å². The van der Waals surface area contributed by atoms with E-state index in [2.05, 4.69) is 10.3 Å². The van der Waals surface area contributed by atoms with E-state index in [-0.39, 0.29) is 5.91 Å². The SMILES string of the molecule is CCOC(=O)c1sc(NC(=O)C2(C)COC2)nc1C. The van der Waals surface area contributed by atoms with E-state index in [4.69, 9.17) is 9.47 Å². The Morgan fingerprint density at radius 3 is 2.74 bits per heavy atom. The van der Waals surface area contributed by atoms with Crippen LogP contribution < -0.4 is 5.32 Å². The Labute approximate surface area is 115 Å². The van der Waals surface area contributed by atoms with E-state index in [9.17, 15) is 9.59 Å². The maximum Gasteiger partial charge on any atom is 0.350 e. The number of amides is 1. The van der Waals surface area contributed by atoms with E-state index in [1.165, 1.54) is 0 Å². The van der Waals surface area contributed by atoms with E-state index in [1.54, 1.807) is 13.8 Å². The van der Waals surface area contributed by atoms with Crippen LogP contribution in [-0.2, 0) is 14.3 Å². The Morgan fingerprint density at radius 1 is 1.53 bits per heavy atom. The molecule has 1 aromatic heterocycles. The molecule has 0 aliphatic carbocycles. The van der Waals surface area contributed by atoms with Crippen molar-refractivity contribution in [2.45, 2.75) is 20.8 Å². The molecule has 1 aromatic rings. The van der Waals surface area contributed by atoms with Crippen molar-refractivity contribution < 1.29 is 19.1 Å². The molecule has 1 aliphatic heterocycles. The number of thiazole rings is 1. The summed E-state index contributed by atoms with van der Waals surface area (Å²) < 4.78 is 9.97. The zero-order valence-electron chi connectivity index (χ0n) is 11.1. The predicted octanol–water partition coefficient (Wildman–Crippen LogP) is 1.60. The monoisotopic (exact) mass is 284 g/mol. The summed E-state index contributed by atoms with van der Waals surface area (Å²) in [6.45, 7) is 6.43. The average molecular weight is 284 g/mol. The fourth-order valence-corrected chi connectivity index (χ4v) is 2.48. The lowest BCUT2D eigenvalue weighted by Gasteiger charge is -2.35. The van der Waals surface area contributed by atoms with Crippen LogP contribution in [0.25, 0.3) is 0 Å². The lowest BCUT2D eigenvalue weighted by molar-refractivity contribution is -0.151. The molecule has 1 amide bonds. The number of nitrogens with one attached hydrogen (secondary N) is 1. The number of esters is 1. The highest BCUT2D eigenvalue weighted by Gasteiger charge is 2.41. The largest absolute Gasteiger partial charge is 0.462 e. The quantitative estimate of drug-likeness (QED) is 0.850. The van der Waals surface area contributed by atoms with E-state index >= 15 is 0 Å². The van der Waals surface area contributed by atoms with Gasteiger partial charge in [0.1, 0.15) is 4.88 Å². The molecule has 0 atom stereocenters. The molecule has 1 N–H and O–H groups in total. The van der Waals surface area contributed by atoms with Crippen LogP contribution >= 0.6 is 11.3 Å². The molecule has 2 rings (SSSR count). The third kappa shape index (κ3) is 2.76. The van der Waals surface area contributed by atoms with Gasteiger partial charge in [-0.25, -0.2) is 9.78 Å². The number of ether oxygens (including phenoxy) is 2. The molecule has 104 valence electrons. The lowest BCUT2D eigenvalue weighted by atomic mass is 9.88. The van der Waals surface area contributed by atoms with Crippen molar-refractivity contribution in [1.82, 2.24) is 4.98 Å². The van der Waals surface area contributed by atoms with Crippen LogP contribution in [0.3, 0.4) is 0 Å². The summed E-state index contributed by atoms with van der Waals surface area (Å²) in [5.41, 5.74) is 0.0673. The number of hydrogen-bond donors (Lipinski definition) is 1. The molecule has 0 unspecified atom stereocenters. The minimum Gasteiger partial charge on any atom is -0.462 e. The highest BCUT2D eigenvalue weighted by molar-refractivity contribution is 7.17. The van der Waals surface area contributed by atoms with Gasteiger partial charge < -0.3 is 14.8 Å². The van der Waals surface area contributed by atoms with Crippen LogP contribution in [0.4, 0.5) is 5.13 Å². The summed E-state index contributed by atoms with van der Waals surface area (Å²) >= 11 is 1.13. The Kier molecular flexibility index (Phi) is 3.86. The molecule has 1 aliphatic rings. The number of hydrogen-bond acceptors (Lipinski definition) is 6. The number of anilines is 1. The molecule has 0 bridgehead atoms. The molecule has 0 radical (unpaired) electrons. The first kappa shape index (κ1) is 14.0. The molecule has 0 saturated carbocycles. The van der Waals surface area contributed by atoms with Crippen LogP contribution in [0.2, 0.25) is 0 Å². The van der Waals surface area contributed by atoms with Crippen molar-refractivity contribution in [3.05, 3.63) is 10.6 Å². The van der Waals surface area contributed by atoms with Gasteiger partial charge in [-0.05, 0) is 20.8 Å². The molecule has 19 heavy (non-hydrogen) atoms. The van der Waals surface area contributed by atoms with E-state index in [0.29, 0.717) is 35.5 Å². The predicted molar refractivity (Wildman–Crippen MR) is 70.4 cm³/mol. The third-order valence-corrected chi connectivity index (χ3v) is 3.92. The fourth-order valence-electron chi connectivity index (χ4n) is 1.62. The van der Waals surface area contributed by atoms with Crippen molar-refractivity contribution in [3.63, 3.8) is 0 Å². The lowest BCUT2D eigenvalue weighted by Crippen LogP contribution is -2.49. The number of carbonyl (C=O) groups is 2. The van der Waals surface area contributed by atoms with Crippen LogP contribution in [0.5, 0.6) is 0 Å².